The summed E-state index contributed by atoms with van der Waals surface area (Å²) in [5.74, 6) is -1.56. The van der Waals surface area contributed by atoms with E-state index in [2.05, 4.69) is 34.9 Å². The fourth-order valence-electron chi connectivity index (χ4n) is 4.07. The maximum absolute atomic E-state index is 12.6. The molecule has 0 heterocycles. The number of aliphatic carboxylic acids is 1. The van der Waals surface area contributed by atoms with Gasteiger partial charge in [-0.3, -0.25) is 9.59 Å². The highest BCUT2D eigenvalue weighted by molar-refractivity contribution is 5.84. The molecular weight excluding hydrogens is 408 g/mol. The Morgan fingerprint density at radius 1 is 1.00 bits per heavy atom. The summed E-state index contributed by atoms with van der Waals surface area (Å²) >= 11 is 0. The first-order valence-corrected chi connectivity index (χ1v) is 11.0. The average Bonchev–Trinajstić information content (AvgIpc) is 3.09. The minimum absolute atomic E-state index is 0.00180. The molecule has 170 valence electrons. The van der Waals surface area contributed by atoms with Crippen molar-refractivity contribution in [3.8, 4) is 11.1 Å². The van der Waals surface area contributed by atoms with Crippen molar-refractivity contribution in [2.45, 2.75) is 57.5 Å². The van der Waals surface area contributed by atoms with E-state index in [1.807, 2.05) is 31.2 Å². The molecule has 0 fully saturated rings. The summed E-state index contributed by atoms with van der Waals surface area (Å²) in [6, 6.07) is 14.8. The molecule has 2 aromatic carbocycles. The van der Waals surface area contributed by atoms with Crippen molar-refractivity contribution in [1.82, 2.24) is 10.6 Å². The molecule has 2 amide bonds. The van der Waals surface area contributed by atoms with E-state index < -0.39 is 30.1 Å². The first kappa shape index (κ1) is 23.3. The molecule has 0 spiro atoms. The summed E-state index contributed by atoms with van der Waals surface area (Å²) in [6.45, 7) is 3.62. The molecule has 0 radical (unpaired) electrons. The van der Waals surface area contributed by atoms with Crippen LogP contribution in [0.25, 0.3) is 11.1 Å². The van der Waals surface area contributed by atoms with Crippen LogP contribution in [0.4, 0.5) is 4.79 Å². The molecule has 0 bridgehead atoms. The van der Waals surface area contributed by atoms with Crippen LogP contribution in [0.5, 0.6) is 0 Å². The van der Waals surface area contributed by atoms with Crippen molar-refractivity contribution >= 4 is 18.0 Å². The first-order chi connectivity index (χ1) is 15.4. The van der Waals surface area contributed by atoms with Gasteiger partial charge in [-0.05, 0) is 35.6 Å². The van der Waals surface area contributed by atoms with Gasteiger partial charge in [0.05, 0.1) is 0 Å². The predicted molar refractivity (Wildman–Crippen MR) is 121 cm³/mol. The van der Waals surface area contributed by atoms with E-state index in [0.717, 1.165) is 35.1 Å². The van der Waals surface area contributed by atoms with Gasteiger partial charge in [0.15, 0.2) is 0 Å². The minimum atomic E-state index is -1.10. The number of ether oxygens (including phenoxy) is 1. The number of carbonyl (C=O) groups is 3. The number of carboxylic acids is 1. The number of alkyl carbamates (subject to hydrolysis) is 1. The van der Waals surface area contributed by atoms with Crippen LogP contribution >= 0.6 is 0 Å². The number of benzene rings is 2. The van der Waals surface area contributed by atoms with Crippen LogP contribution in [0, 0.1) is 0 Å². The van der Waals surface area contributed by atoms with E-state index in [0.29, 0.717) is 6.42 Å². The Kier molecular flexibility index (Phi) is 7.87. The van der Waals surface area contributed by atoms with Crippen LogP contribution < -0.4 is 10.6 Å². The molecule has 1 aliphatic carbocycles. The van der Waals surface area contributed by atoms with Crippen molar-refractivity contribution in [2.75, 3.05) is 6.61 Å². The summed E-state index contributed by atoms with van der Waals surface area (Å²) in [6.07, 6.45) is 1.77. The lowest BCUT2D eigenvalue weighted by Crippen LogP contribution is -2.43. The van der Waals surface area contributed by atoms with E-state index in [9.17, 15) is 14.4 Å². The highest BCUT2D eigenvalue weighted by Gasteiger charge is 2.29. The predicted octanol–water partition coefficient (Wildman–Crippen LogP) is 4.06. The topological polar surface area (TPSA) is 105 Å². The molecule has 0 unspecified atom stereocenters. The second-order valence-corrected chi connectivity index (χ2v) is 8.14. The Balaban J connectivity index is 1.60. The molecule has 3 N–H and O–H groups in total. The number of amides is 2. The van der Waals surface area contributed by atoms with Crippen LogP contribution in [-0.4, -0.2) is 41.8 Å². The van der Waals surface area contributed by atoms with Crippen molar-refractivity contribution in [3.05, 3.63) is 59.7 Å². The number of fused-ring (bicyclic) bond motifs is 3. The summed E-state index contributed by atoms with van der Waals surface area (Å²) in [5, 5.41) is 14.2. The molecule has 0 aromatic heterocycles. The standard InChI is InChI=1S/C25H30N2O5/c1-3-4-9-17(14-23(28)26-16(2)24(29)30)27-25(31)32-15-22-20-12-7-5-10-18(20)19-11-6-8-13-21(19)22/h5-8,10-13,16-17,22H,3-4,9,14-15H2,1-2H3,(H,26,28)(H,27,31)(H,29,30)/t16-,17-/m0/s1. The van der Waals surface area contributed by atoms with E-state index >= 15 is 0 Å². The van der Waals surface area contributed by atoms with Gasteiger partial charge in [0.1, 0.15) is 12.6 Å². The lowest BCUT2D eigenvalue weighted by molar-refractivity contribution is -0.141. The molecule has 3 rings (SSSR count). The van der Waals surface area contributed by atoms with E-state index in [4.69, 9.17) is 9.84 Å². The number of carbonyl (C=O) groups excluding carboxylic acids is 2. The van der Waals surface area contributed by atoms with Gasteiger partial charge in [0, 0.05) is 18.4 Å². The number of carboxylic acid groups (broad SMARTS) is 1. The molecule has 0 saturated heterocycles. The zero-order chi connectivity index (χ0) is 23.1. The monoisotopic (exact) mass is 438 g/mol. The third-order valence-corrected chi connectivity index (χ3v) is 5.75. The fraction of sp³-hybridized carbons (Fsp3) is 0.400. The van der Waals surface area contributed by atoms with Gasteiger partial charge in [-0.1, -0.05) is 68.3 Å². The Hall–Kier alpha value is -3.35. The van der Waals surface area contributed by atoms with Gasteiger partial charge in [-0.25, -0.2) is 4.79 Å². The summed E-state index contributed by atoms with van der Waals surface area (Å²) in [5.41, 5.74) is 4.57. The number of rotatable bonds is 10. The normalized spacial score (nSPS) is 14.1. The van der Waals surface area contributed by atoms with Gasteiger partial charge in [0.25, 0.3) is 0 Å². The maximum Gasteiger partial charge on any atom is 0.407 e. The van der Waals surface area contributed by atoms with Gasteiger partial charge in [0.2, 0.25) is 5.91 Å². The maximum atomic E-state index is 12.6. The molecule has 0 aliphatic heterocycles. The van der Waals surface area contributed by atoms with Crippen LogP contribution in [-0.2, 0) is 14.3 Å². The smallest absolute Gasteiger partial charge is 0.407 e. The average molecular weight is 439 g/mol. The molecule has 7 heteroatoms. The van der Waals surface area contributed by atoms with Crippen LogP contribution in [0.3, 0.4) is 0 Å². The second kappa shape index (κ2) is 10.8. The largest absolute Gasteiger partial charge is 0.480 e. The number of hydrogen-bond acceptors (Lipinski definition) is 4. The summed E-state index contributed by atoms with van der Waals surface area (Å²) in [4.78, 5) is 35.7. The fourth-order valence-corrected chi connectivity index (χ4v) is 4.07. The Bertz CT molecular complexity index is 929. The SMILES string of the molecule is CCCC[C@@H](CC(=O)N[C@@H](C)C(=O)O)NC(=O)OCC1c2ccccc2-c2ccccc21. The van der Waals surface area contributed by atoms with Gasteiger partial charge in [-0.15, -0.1) is 0 Å². The molecule has 7 nitrogen and oxygen atoms in total. The lowest BCUT2D eigenvalue weighted by Gasteiger charge is -2.20. The third kappa shape index (κ3) is 5.66. The van der Waals surface area contributed by atoms with Crippen molar-refractivity contribution in [2.24, 2.45) is 0 Å². The van der Waals surface area contributed by atoms with E-state index in [-0.39, 0.29) is 18.9 Å². The summed E-state index contributed by atoms with van der Waals surface area (Å²) < 4.78 is 5.58. The highest BCUT2D eigenvalue weighted by atomic mass is 16.5. The summed E-state index contributed by atoms with van der Waals surface area (Å²) in [7, 11) is 0. The molecule has 0 saturated carbocycles. The zero-order valence-corrected chi connectivity index (χ0v) is 18.5. The van der Waals surface area contributed by atoms with E-state index in [1.54, 1.807) is 0 Å². The van der Waals surface area contributed by atoms with Crippen LogP contribution in [0.15, 0.2) is 48.5 Å². The molecule has 2 atom stereocenters. The third-order valence-electron chi connectivity index (χ3n) is 5.75. The van der Waals surface area contributed by atoms with Crippen LogP contribution in [0.1, 0.15) is 56.6 Å². The lowest BCUT2D eigenvalue weighted by atomic mass is 9.98. The molecule has 1 aliphatic rings. The second-order valence-electron chi connectivity index (χ2n) is 8.14. The zero-order valence-electron chi connectivity index (χ0n) is 18.5. The van der Waals surface area contributed by atoms with Crippen molar-refractivity contribution in [1.29, 1.82) is 0 Å². The Morgan fingerprint density at radius 3 is 2.16 bits per heavy atom. The van der Waals surface area contributed by atoms with E-state index in [1.165, 1.54) is 6.92 Å². The van der Waals surface area contributed by atoms with Gasteiger partial charge in [-0.2, -0.15) is 0 Å². The quantitative estimate of drug-likeness (QED) is 0.519. The highest BCUT2D eigenvalue weighted by Crippen LogP contribution is 2.44. The minimum Gasteiger partial charge on any atom is -0.480 e. The molecular formula is C25H30N2O5. The first-order valence-electron chi connectivity index (χ1n) is 11.0. The molecule has 2 aromatic rings. The Labute approximate surface area is 188 Å². The van der Waals surface area contributed by atoms with Gasteiger partial charge >= 0.3 is 12.1 Å². The number of hydrogen-bond donors (Lipinski definition) is 3. The Morgan fingerprint density at radius 2 is 1.59 bits per heavy atom. The van der Waals surface area contributed by atoms with Crippen molar-refractivity contribution < 1.29 is 24.2 Å². The van der Waals surface area contributed by atoms with Crippen LogP contribution in [0.2, 0.25) is 0 Å². The molecule has 32 heavy (non-hydrogen) atoms. The number of unbranched alkanes of at least 4 members (excludes halogenated alkanes) is 1. The van der Waals surface area contributed by atoms with Crippen molar-refractivity contribution in [3.63, 3.8) is 0 Å². The number of nitrogens with one attached hydrogen (secondary N) is 2. The van der Waals surface area contributed by atoms with Gasteiger partial charge < -0.3 is 20.5 Å².